The lowest BCUT2D eigenvalue weighted by Gasteiger charge is -2.22. The van der Waals surface area contributed by atoms with Crippen molar-refractivity contribution >= 4 is 11.8 Å². The summed E-state index contributed by atoms with van der Waals surface area (Å²) in [6.45, 7) is 0. The lowest BCUT2D eigenvalue weighted by molar-refractivity contribution is -0.143. The molecule has 0 saturated carbocycles. The fourth-order valence-electron chi connectivity index (χ4n) is 2.71. The van der Waals surface area contributed by atoms with Gasteiger partial charge in [-0.2, -0.15) is 26.3 Å². The molecule has 170 valence electrons. The third-order valence-electron chi connectivity index (χ3n) is 4.29. The number of hydrogen-bond acceptors (Lipinski definition) is 3. The first kappa shape index (κ1) is 22.9. The minimum Gasteiger partial charge on any atom is -0.407 e. The van der Waals surface area contributed by atoms with E-state index in [0.29, 0.717) is 9.47 Å². The molecule has 0 aliphatic carbocycles. The van der Waals surface area contributed by atoms with Crippen LogP contribution in [-0.2, 0) is 12.4 Å². The zero-order valence-corrected chi connectivity index (χ0v) is 15.9. The van der Waals surface area contributed by atoms with Gasteiger partial charge in [-0.1, -0.05) is 0 Å². The zero-order chi connectivity index (χ0) is 23.8. The van der Waals surface area contributed by atoms with E-state index in [0.717, 1.165) is 43.7 Å². The van der Waals surface area contributed by atoms with E-state index in [9.17, 15) is 40.3 Å². The van der Waals surface area contributed by atoms with E-state index >= 15 is 0 Å². The normalized spacial score (nSPS) is 12.0. The number of anilines is 1. The Morgan fingerprint density at radius 2 is 1.66 bits per heavy atom. The number of nitrogens with zero attached hydrogens (tertiary/aromatic N) is 2. The van der Waals surface area contributed by atoms with E-state index in [4.69, 9.17) is 4.74 Å². The van der Waals surface area contributed by atoms with Gasteiger partial charge in [-0.3, -0.25) is 9.47 Å². The van der Waals surface area contributed by atoms with Crippen molar-refractivity contribution in [2.75, 3.05) is 11.9 Å². The van der Waals surface area contributed by atoms with Gasteiger partial charge in [0.2, 0.25) is 0 Å². The van der Waals surface area contributed by atoms with Crippen molar-refractivity contribution in [2.45, 2.75) is 12.4 Å². The van der Waals surface area contributed by atoms with Crippen LogP contribution in [0.1, 0.15) is 11.1 Å². The smallest absolute Gasteiger partial charge is 0.407 e. The molecule has 13 heteroatoms. The molecular formula is C19H12F7N3O3. The Kier molecular flexibility index (Phi) is 5.76. The van der Waals surface area contributed by atoms with Gasteiger partial charge in [0.05, 0.1) is 11.3 Å². The molecule has 0 fully saturated rings. The first-order valence-corrected chi connectivity index (χ1v) is 8.59. The van der Waals surface area contributed by atoms with Gasteiger partial charge in [0.1, 0.15) is 11.4 Å². The summed E-state index contributed by atoms with van der Waals surface area (Å²) < 4.78 is 99.0. The number of carbonyl (C=O) groups excluding carboxylic acids is 1. The fraction of sp³-hybridized carbons (Fsp3) is 0.158. The molecule has 1 N–H and O–H groups in total. The Morgan fingerprint density at radius 3 is 2.16 bits per heavy atom. The number of halogens is 7. The largest absolute Gasteiger partial charge is 0.420 e. The highest BCUT2D eigenvalue weighted by Gasteiger charge is 2.41. The van der Waals surface area contributed by atoms with Crippen LogP contribution in [-0.4, -0.2) is 22.7 Å². The molecule has 0 spiro atoms. The standard InChI is InChI=1S/C19H12F7N3O3/c1-28(12-4-2-11(20)3-5-12)17(31)32-15-13(19(24,25)26)8-10(18(21,22)23)9-14(15)29-7-6-27-16(29)30/h2-9H,1H3,(H,27,30). The van der Waals surface area contributed by atoms with E-state index < -0.39 is 52.5 Å². The maximum absolute atomic E-state index is 13.6. The summed E-state index contributed by atoms with van der Waals surface area (Å²) in [5, 5.41) is 0. The van der Waals surface area contributed by atoms with E-state index in [1.807, 2.05) is 0 Å². The number of amides is 1. The van der Waals surface area contributed by atoms with Crippen molar-refractivity contribution in [3.8, 4) is 11.4 Å². The molecule has 1 amide bonds. The van der Waals surface area contributed by atoms with Crippen LogP contribution in [0.25, 0.3) is 5.69 Å². The quantitative estimate of drug-likeness (QED) is 0.558. The summed E-state index contributed by atoms with van der Waals surface area (Å²) in [5.41, 5.74) is -5.63. The Labute approximate surface area is 174 Å². The molecular weight excluding hydrogens is 451 g/mol. The Hall–Kier alpha value is -3.77. The monoisotopic (exact) mass is 463 g/mol. The lowest BCUT2D eigenvalue weighted by Crippen LogP contribution is -2.31. The van der Waals surface area contributed by atoms with E-state index in [-0.39, 0.29) is 17.8 Å². The second kappa shape index (κ2) is 8.05. The Morgan fingerprint density at radius 1 is 1.03 bits per heavy atom. The van der Waals surface area contributed by atoms with Gasteiger partial charge in [-0.15, -0.1) is 0 Å². The number of ether oxygens (including phenoxy) is 1. The first-order chi connectivity index (χ1) is 14.8. The Balaban J connectivity index is 2.18. The average Bonchev–Trinajstić information content (AvgIpc) is 3.12. The average molecular weight is 463 g/mol. The van der Waals surface area contributed by atoms with Gasteiger partial charge in [0.25, 0.3) is 0 Å². The number of aromatic nitrogens is 2. The third kappa shape index (κ3) is 4.60. The molecule has 32 heavy (non-hydrogen) atoms. The number of aromatic amines is 1. The molecule has 0 aliphatic rings. The first-order valence-electron chi connectivity index (χ1n) is 8.59. The number of rotatable bonds is 3. The van der Waals surface area contributed by atoms with E-state index in [1.165, 1.54) is 0 Å². The van der Waals surface area contributed by atoms with Gasteiger partial charge in [-0.05, 0) is 36.4 Å². The van der Waals surface area contributed by atoms with Crippen LogP contribution in [0, 0.1) is 5.82 Å². The summed E-state index contributed by atoms with van der Waals surface area (Å²) in [6.07, 6.45) is -10.1. The fourth-order valence-corrected chi connectivity index (χ4v) is 2.71. The van der Waals surface area contributed by atoms with Crippen molar-refractivity contribution in [3.63, 3.8) is 0 Å². The van der Waals surface area contributed by atoms with Crippen molar-refractivity contribution in [1.29, 1.82) is 0 Å². The van der Waals surface area contributed by atoms with Crippen molar-refractivity contribution in [1.82, 2.24) is 9.55 Å². The number of alkyl halides is 6. The lowest BCUT2D eigenvalue weighted by atomic mass is 10.1. The molecule has 0 bridgehead atoms. The van der Waals surface area contributed by atoms with Crippen molar-refractivity contribution in [3.05, 3.63) is 76.2 Å². The van der Waals surface area contributed by atoms with Crippen molar-refractivity contribution < 1.29 is 40.3 Å². The van der Waals surface area contributed by atoms with Gasteiger partial charge in [0, 0.05) is 25.1 Å². The predicted molar refractivity (Wildman–Crippen MR) is 97.2 cm³/mol. The molecule has 0 unspecified atom stereocenters. The van der Waals surface area contributed by atoms with Gasteiger partial charge in [-0.25, -0.2) is 14.0 Å². The molecule has 2 aromatic carbocycles. The topological polar surface area (TPSA) is 67.3 Å². The number of hydrogen-bond donors (Lipinski definition) is 1. The second-order valence-corrected chi connectivity index (χ2v) is 6.41. The van der Waals surface area contributed by atoms with Crippen LogP contribution in [0.2, 0.25) is 0 Å². The summed E-state index contributed by atoms with van der Waals surface area (Å²) in [5.74, 6) is -1.96. The highest BCUT2D eigenvalue weighted by molar-refractivity contribution is 5.89. The predicted octanol–water partition coefficient (Wildman–Crippen LogP) is 4.98. The van der Waals surface area contributed by atoms with Crippen LogP contribution in [0.3, 0.4) is 0 Å². The van der Waals surface area contributed by atoms with E-state index in [1.54, 1.807) is 0 Å². The third-order valence-corrected chi connectivity index (χ3v) is 4.29. The van der Waals surface area contributed by atoms with Crippen LogP contribution < -0.4 is 15.3 Å². The molecule has 0 atom stereocenters. The molecule has 3 rings (SSSR count). The minimum atomic E-state index is -5.38. The Bertz CT molecular complexity index is 1190. The number of benzene rings is 2. The highest BCUT2D eigenvalue weighted by atomic mass is 19.4. The summed E-state index contributed by atoms with van der Waals surface area (Å²) in [4.78, 5) is 27.2. The maximum atomic E-state index is 13.6. The summed E-state index contributed by atoms with van der Waals surface area (Å²) >= 11 is 0. The molecule has 3 aromatic rings. The minimum absolute atomic E-state index is 0.0252. The molecule has 1 aromatic heterocycles. The van der Waals surface area contributed by atoms with Gasteiger partial charge < -0.3 is 9.72 Å². The number of carbonyl (C=O) groups is 1. The zero-order valence-electron chi connectivity index (χ0n) is 15.9. The highest BCUT2D eigenvalue weighted by Crippen LogP contribution is 2.44. The number of nitrogens with one attached hydrogen (secondary N) is 1. The van der Waals surface area contributed by atoms with Crippen LogP contribution in [0.5, 0.6) is 5.75 Å². The van der Waals surface area contributed by atoms with E-state index in [2.05, 4.69) is 4.98 Å². The van der Waals surface area contributed by atoms with Gasteiger partial charge >= 0.3 is 24.1 Å². The molecule has 0 aliphatic heterocycles. The maximum Gasteiger partial charge on any atom is 0.420 e. The molecule has 6 nitrogen and oxygen atoms in total. The summed E-state index contributed by atoms with van der Waals surface area (Å²) in [6, 6.07) is 4.25. The van der Waals surface area contributed by atoms with Crippen LogP contribution in [0.15, 0.2) is 53.6 Å². The number of imidazole rings is 1. The van der Waals surface area contributed by atoms with Gasteiger partial charge in [0.15, 0.2) is 5.75 Å². The molecule has 0 saturated heterocycles. The summed E-state index contributed by atoms with van der Waals surface area (Å²) in [7, 11) is 1.09. The van der Waals surface area contributed by atoms with Crippen LogP contribution >= 0.6 is 0 Å². The molecule has 1 heterocycles. The second-order valence-electron chi connectivity index (χ2n) is 6.41. The van der Waals surface area contributed by atoms with Crippen molar-refractivity contribution in [2.24, 2.45) is 0 Å². The number of H-pyrrole nitrogens is 1. The molecule has 0 radical (unpaired) electrons. The SMILES string of the molecule is CN(C(=O)Oc1c(-n2cc[nH]c2=O)cc(C(F)(F)F)cc1C(F)(F)F)c1ccc(F)cc1. The van der Waals surface area contributed by atoms with Crippen LogP contribution in [0.4, 0.5) is 41.2 Å².